The van der Waals surface area contributed by atoms with Crippen molar-refractivity contribution in [3.8, 4) is 28.9 Å². The zero-order chi connectivity index (χ0) is 16.7. The Hall–Kier alpha value is -3.63. The van der Waals surface area contributed by atoms with Gasteiger partial charge >= 0.3 is 0 Å². The Bertz CT molecular complexity index is 1000. The molecule has 0 saturated heterocycles. The molecule has 24 heavy (non-hydrogen) atoms. The highest BCUT2D eigenvalue weighted by Gasteiger charge is 2.21. The summed E-state index contributed by atoms with van der Waals surface area (Å²) in [6.45, 7) is 1.73. The largest absolute Gasteiger partial charge is 0.414 e. The molecule has 1 aromatic carbocycles. The lowest BCUT2D eigenvalue weighted by Crippen LogP contribution is -2.03. The van der Waals surface area contributed by atoms with Crippen molar-refractivity contribution in [1.29, 1.82) is 0 Å². The third kappa shape index (κ3) is 2.18. The van der Waals surface area contributed by atoms with Gasteiger partial charge < -0.3 is 10.2 Å². The van der Waals surface area contributed by atoms with Crippen LogP contribution in [0.25, 0.3) is 28.9 Å². The summed E-state index contributed by atoms with van der Waals surface area (Å²) in [4.78, 5) is 0. The lowest BCUT2D eigenvalue weighted by Gasteiger charge is -1.97. The molecule has 3 heterocycles. The first kappa shape index (κ1) is 14.0. The summed E-state index contributed by atoms with van der Waals surface area (Å²) in [5, 5.41) is 23.0. The first-order valence-electron chi connectivity index (χ1n) is 6.74. The first-order chi connectivity index (χ1) is 11.6. The number of aromatic nitrogens is 7. The van der Waals surface area contributed by atoms with Crippen molar-refractivity contribution in [2.45, 2.75) is 6.92 Å². The van der Waals surface area contributed by atoms with Crippen LogP contribution in [0.4, 0.5) is 10.2 Å². The maximum absolute atomic E-state index is 13.0. The third-order valence-corrected chi connectivity index (χ3v) is 3.31. The van der Waals surface area contributed by atoms with Crippen LogP contribution in [0.2, 0.25) is 0 Å². The van der Waals surface area contributed by atoms with E-state index in [1.807, 2.05) is 0 Å². The van der Waals surface area contributed by atoms with Crippen LogP contribution in [0, 0.1) is 12.7 Å². The number of rotatable bonds is 3. The molecule has 0 aliphatic rings. The van der Waals surface area contributed by atoms with Crippen LogP contribution in [0.3, 0.4) is 0 Å². The molecule has 11 heteroatoms. The fourth-order valence-electron chi connectivity index (χ4n) is 2.09. The second-order valence-electron chi connectivity index (χ2n) is 4.83. The third-order valence-electron chi connectivity index (χ3n) is 3.31. The minimum atomic E-state index is -0.351. The standard InChI is InChI=1S/C13H9FN8O2/c1-6-9(16-21-22(6)11-10(15)19-24-20-11)13-18-17-12(23-13)7-2-4-8(14)5-3-7/h2-5H,1H3,(H2,15,19). The van der Waals surface area contributed by atoms with Crippen LogP contribution < -0.4 is 5.73 Å². The van der Waals surface area contributed by atoms with Gasteiger partial charge in [0.2, 0.25) is 17.5 Å². The number of hydrogen-bond acceptors (Lipinski definition) is 9. The molecule has 0 saturated carbocycles. The van der Waals surface area contributed by atoms with Gasteiger partial charge in [0.15, 0.2) is 5.69 Å². The van der Waals surface area contributed by atoms with Crippen molar-refractivity contribution < 1.29 is 13.4 Å². The molecule has 0 aliphatic heterocycles. The molecule has 0 aliphatic carbocycles. The Labute approximate surface area is 133 Å². The summed E-state index contributed by atoms with van der Waals surface area (Å²) in [5.74, 6) is 0.336. The van der Waals surface area contributed by atoms with E-state index in [2.05, 4.69) is 35.5 Å². The Morgan fingerprint density at radius 2 is 1.79 bits per heavy atom. The number of nitrogens with two attached hydrogens (primary N) is 1. The van der Waals surface area contributed by atoms with Crippen LogP contribution in [-0.4, -0.2) is 35.5 Å². The topological polar surface area (TPSA) is 135 Å². The fourth-order valence-corrected chi connectivity index (χ4v) is 2.09. The molecule has 0 spiro atoms. The SMILES string of the molecule is Cc1c(-c2nnc(-c3ccc(F)cc3)o2)nnn1-c1nonc1N. The maximum Gasteiger partial charge on any atom is 0.270 e. The van der Waals surface area contributed by atoms with Crippen LogP contribution in [0.5, 0.6) is 0 Å². The van der Waals surface area contributed by atoms with E-state index in [9.17, 15) is 4.39 Å². The number of halogens is 1. The zero-order valence-electron chi connectivity index (χ0n) is 12.2. The highest BCUT2D eigenvalue weighted by molar-refractivity contribution is 5.57. The van der Waals surface area contributed by atoms with Crippen molar-refractivity contribution in [2.75, 3.05) is 5.73 Å². The highest BCUT2D eigenvalue weighted by Crippen LogP contribution is 2.26. The average Bonchev–Trinajstić information content (AvgIpc) is 3.28. The average molecular weight is 328 g/mol. The lowest BCUT2D eigenvalue weighted by atomic mass is 10.2. The molecular weight excluding hydrogens is 319 g/mol. The maximum atomic E-state index is 13.0. The van der Waals surface area contributed by atoms with Gasteiger partial charge in [0.25, 0.3) is 5.89 Å². The predicted molar refractivity (Wildman–Crippen MR) is 77.1 cm³/mol. The number of benzene rings is 1. The fraction of sp³-hybridized carbons (Fsp3) is 0.0769. The van der Waals surface area contributed by atoms with Crippen LogP contribution in [0.15, 0.2) is 33.3 Å². The highest BCUT2D eigenvalue weighted by atomic mass is 19.1. The van der Waals surface area contributed by atoms with E-state index >= 15 is 0 Å². The van der Waals surface area contributed by atoms with Gasteiger partial charge in [-0.2, -0.15) is 4.68 Å². The molecule has 0 fully saturated rings. The van der Waals surface area contributed by atoms with Crippen molar-refractivity contribution >= 4 is 5.82 Å². The second-order valence-corrected chi connectivity index (χ2v) is 4.83. The molecule has 4 rings (SSSR count). The van der Waals surface area contributed by atoms with Crippen LogP contribution >= 0.6 is 0 Å². The molecule has 4 aromatic rings. The lowest BCUT2D eigenvalue weighted by molar-refractivity contribution is 0.306. The van der Waals surface area contributed by atoms with Gasteiger partial charge in [0.1, 0.15) is 5.82 Å². The van der Waals surface area contributed by atoms with Gasteiger partial charge in [0, 0.05) is 5.56 Å². The van der Waals surface area contributed by atoms with E-state index in [1.54, 1.807) is 6.92 Å². The van der Waals surface area contributed by atoms with E-state index in [4.69, 9.17) is 10.2 Å². The summed E-state index contributed by atoms with van der Waals surface area (Å²) < 4.78 is 24.5. The normalized spacial score (nSPS) is 11.1. The summed E-state index contributed by atoms with van der Waals surface area (Å²) in [7, 11) is 0. The Balaban J connectivity index is 1.72. The molecule has 10 nitrogen and oxygen atoms in total. The van der Waals surface area contributed by atoms with Gasteiger partial charge in [-0.25, -0.2) is 9.02 Å². The monoisotopic (exact) mass is 328 g/mol. The number of hydrogen-bond donors (Lipinski definition) is 1. The number of anilines is 1. The summed E-state index contributed by atoms with van der Waals surface area (Å²) in [5.41, 5.74) is 7.15. The van der Waals surface area contributed by atoms with Crippen molar-refractivity contribution in [3.05, 3.63) is 35.8 Å². The number of nitrogen functional groups attached to an aromatic ring is 1. The van der Waals surface area contributed by atoms with Gasteiger partial charge in [0.05, 0.1) is 5.69 Å². The first-order valence-corrected chi connectivity index (χ1v) is 6.74. The van der Waals surface area contributed by atoms with E-state index in [1.165, 1.54) is 28.9 Å². The molecule has 0 unspecified atom stereocenters. The van der Waals surface area contributed by atoms with E-state index < -0.39 is 0 Å². The van der Waals surface area contributed by atoms with Crippen LogP contribution in [-0.2, 0) is 0 Å². The minimum absolute atomic E-state index is 0.0760. The quantitative estimate of drug-likeness (QED) is 0.591. The molecule has 0 amide bonds. The van der Waals surface area contributed by atoms with Crippen molar-refractivity contribution in [3.63, 3.8) is 0 Å². The zero-order valence-corrected chi connectivity index (χ0v) is 12.2. The van der Waals surface area contributed by atoms with Gasteiger partial charge in [-0.15, -0.1) is 15.3 Å². The predicted octanol–water partition coefficient (Wildman–Crippen LogP) is 1.40. The summed E-state index contributed by atoms with van der Waals surface area (Å²) >= 11 is 0. The Morgan fingerprint density at radius 1 is 1.04 bits per heavy atom. The molecule has 0 radical (unpaired) electrons. The second kappa shape index (κ2) is 5.22. The van der Waals surface area contributed by atoms with E-state index in [-0.39, 0.29) is 29.2 Å². The van der Waals surface area contributed by atoms with Crippen molar-refractivity contribution in [2.24, 2.45) is 0 Å². The van der Waals surface area contributed by atoms with Gasteiger partial charge in [-0.05, 0) is 41.5 Å². The van der Waals surface area contributed by atoms with Crippen molar-refractivity contribution in [1.82, 2.24) is 35.5 Å². The number of nitrogens with zero attached hydrogens (tertiary/aromatic N) is 7. The molecule has 2 N–H and O–H groups in total. The smallest absolute Gasteiger partial charge is 0.270 e. The van der Waals surface area contributed by atoms with Gasteiger partial charge in [-0.1, -0.05) is 5.21 Å². The molecule has 0 bridgehead atoms. The summed E-state index contributed by atoms with van der Waals surface area (Å²) in [6.07, 6.45) is 0. The van der Waals surface area contributed by atoms with E-state index in [0.717, 1.165) is 0 Å². The van der Waals surface area contributed by atoms with Crippen LogP contribution in [0.1, 0.15) is 5.69 Å². The Kier molecular flexibility index (Phi) is 3.05. The van der Waals surface area contributed by atoms with Gasteiger partial charge in [-0.3, -0.25) is 0 Å². The summed E-state index contributed by atoms with van der Waals surface area (Å²) in [6, 6.07) is 5.69. The molecule has 0 atom stereocenters. The minimum Gasteiger partial charge on any atom is -0.414 e. The molecule has 3 aromatic heterocycles. The molecular formula is C13H9FN8O2. The molecule has 120 valence electrons. The Morgan fingerprint density at radius 3 is 2.50 bits per heavy atom. The van der Waals surface area contributed by atoms with E-state index in [0.29, 0.717) is 17.0 Å².